The number of nitrogens with one attached hydrogen (secondary N) is 1. The molecule has 2 aromatic rings. The van der Waals surface area contributed by atoms with Crippen LogP contribution in [0.15, 0.2) is 48.8 Å². The zero-order valence-corrected chi connectivity index (χ0v) is 9.80. The number of rotatable bonds is 4. The van der Waals surface area contributed by atoms with Gasteiger partial charge in [0.25, 0.3) is 0 Å². The lowest BCUT2D eigenvalue weighted by Gasteiger charge is -2.16. The van der Waals surface area contributed by atoms with E-state index in [1.807, 2.05) is 31.3 Å². The first-order valence-corrected chi connectivity index (χ1v) is 5.64. The zero-order chi connectivity index (χ0) is 12.1. The number of phenols is 1. The van der Waals surface area contributed by atoms with Crippen molar-refractivity contribution in [3.63, 3.8) is 0 Å². The smallest absolute Gasteiger partial charge is 0.115 e. The Balaban J connectivity index is 2.16. The topological polar surface area (TPSA) is 45.1 Å². The number of pyridine rings is 1. The summed E-state index contributed by atoms with van der Waals surface area (Å²) >= 11 is 0. The molecular formula is C14H16N2O. The maximum Gasteiger partial charge on any atom is 0.115 e. The number of likely N-dealkylation sites (N-methyl/N-ethyl adjacent to an activating group) is 1. The normalized spacial score (nSPS) is 12.3. The molecule has 17 heavy (non-hydrogen) atoms. The number of hydrogen-bond acceptors (Lipinski definition) is 3. The summed E-state index contributed by atoms with van der Waals surface area (Å²) in [5.41, 5.74) is 2.31. The minimum atomic E-state index is 0.236. The van der Waals surface area contributed by atoms with Gasteiger partial charge in [-0.15, -0.1) is 0 Å². The van der Waals surface area contributed by atoms with Gasteiger partial charge in [-0.3, -0.25) is 4.98 Å². The van der Waals surface area contributed by atoms with Crippen molar-refractivity contribution < 1.29 is 5.11 Å². The van der Waals surface area contributed by atoms with Crippen LogP contribution in [-0.2, 0) is 6.42 Å². The predicted octanol–water partition coefficient (Wildman–Crippen LogP) is 2.29. The van der Waals surface area contributed by atoms with E-state index in [1.165, 1.54) is 5.56 Å². The van der Waals surface area contributed by atoms with Gasteiger partial charge in [0.15, 0.2) is 0 Å². The summed E-state index contributed by atoms with van der Waals surface area (Å²) in [6.07, 6.45) is 4.43. The molecule has 0 amide bonds. The third kappa shape index (κ3) is 3.04. The van der Waals surface area contributed by atoms with Crippen LogP contribution in [0.4, 0.5) is 0 Å². The molecule has 2 N–H and O–H groups in total. The van der Waals surface area contributed by atoms with Gasteiger partial charge in [-0.1, -0.05) is 12.1 Å². The molecular weight excluding hydrogens is 212 g/mol. The molecule has 0 radical (unpaired) electrons. The summed E-state index contributed by atoms with van der Waals surface area (Å²) in [4.78, 5) is 4.02. The van der Waals surface area contributed by atoms with Crippen LogP contribution in [0.5, 0.6) is 5.75 Å². The lowest BCUT2D eigenvalue weighted by molar-refractivity contribution is 0.473. The Hall–Kier alpha value is -1.87. The summed E-state index contributed by atoms with van der Waals surface area (Å²) in [6.45, 7) is 0. The first-order valence-electron chi connectivity index (χ1n) is 5.64. The maximum atomic E-state index is 9.44. The van der Waals surface area contributed by atoms with Crippen molar-refractivity contribution >= 4 is 0 Å². The Morgan fingerprint density at radius 3 is 2.65 bits per heavy atom. The fraction of sp³-hybridized carbons (Fsp3) is 0.214. The van der Waals surface area contributed by atoms with E-state index < -0.39 is 0 Å². The summed E-state index contributed by atoms with van der Waals surface area (Å²) in [6, 6.07) is 11.6. The number of hydrogen-bond donors (Lipinski definition) is 2. The van der Waals surface area contributed by atoms with Gasteiger partial charge in [0.05, 0.1) is 0 Å². The van der Waals surface area contributed by atoms with Crippen LogP contribution in [0.1, 0.15) is 17.2 Å². The number of benzene rings is 1. The molecule has 2 rings (SSSR count). The van der Waals surface area contributed by atoms with Gasteiger partial charge < -0.3 is 10.4 Å². The van der Waals surface area contributed by atoms with Crippen molar-refractivity contribution in [3.05, 3.63) is 59.9 Å². The Kier molecular flexibility index (Phi) is 3.73. The van der Waals surface area contributed by atoms with E-state index in [9.17, 15) is 5.11 Å². The molecule has 1 heterocycles. The van der Waals surface area contributed by atoms with Crippen LogP contribution in [0.3, 0.4) is 0 Å². The van der Waals surface area contributed by atoms with Gasteiger partial charge in [-0.2, -0.15) is 0 Å². The predicted molar refractivity (Wildman–Crippen MR) is 67.8 cm³/mol. The van der Waals surface area contributed by atoms with Crippen molar-refractivity contribution in [1.82, 2.24) is 10.3 Å². The second kappa shape index (κ2) is 5.46. The van der Waals surface area contributed by atoms with E-state index in [-0.39, 0.29) is 6.04 Å². The van der Waals surface area contributed by atoms with Crippen LogP contribution in [-0.4, -0.2) is 17.1 Å². The van der Waals surface area contributed by atoms with Crippen LogP contribution in [0.25, 0.3) is 0 Å². The maximum absolute atomic E-state index is 9.44. The van der Waals surface area contributed by atoms with Gasteiger partial charge in [0.2, 0.25) is 0 Å². The second-order valence-electron chi connectivity index (χ2n) is 4.00. The molecule has 0 aliphatic heterocycles. The highest BCUT2D eigenvalue weighted by atomic mass is 16.3. The molecule has 0 spiro atoms. The minimum absolute atomic E-state index is 0.236. The molecule has 0 fully saturated rings. The summed E-state index contributed by atoms with van der Waals surface area (Å²) in [7, 11) is 1.94. The van der Waals surface area contributed by atoms with Crippen molar-refractivity contribution in [3.8, 4) is 5.75 Å². The molecule has 3 nitrogen and oxygen atoms in total. The lowest BCUT2D eigenvalue weighted by atomic mass is 10.00. The van der Waals surface area contributed by atoms with Gasteiger partial charge >= 0.3 is 0 Å². The van der Waals surface area contributed by atoms with Crippen molar-refractivity contribution in [2.75, 3.05) is 7.05 Å². The van der Waals surface area contributed by atoms with Crippen LogP contribution in [0, 0.1) is 0 Å². The minimum Gasteiger partial charge on any atom is -0.508 e. The fourth-order valence-corrected chi connectivity index (χ4v) is 1.90. The number of aromatic hydroxyl groups is 1. The van der Waals surface area contributed by atoms with E-state index in [0.29, 0.717) is 5.75 Å². The third-order valence-electron chi connectivity index (χ3n) is 2.81. The number of aromatic nitrogens is 1. The first kappa shape index (κ1) is 11.6. The molecule has 0 saturated carbocycles. The third-order valence-corrected chi connectivity index (χ3v) is 2.81. The molecule has 0 saturated heterocycles. The van der Waals surface area contributed by atoms with E-state index in [2.05, 4.69) is 10.3 Å². The van der Waals surface area contributed by atoms with E-state index >= 15 is 0 Å². The Labute approximate surface area is 101 Å². The highest BCUT2D eigenvalue weighted by Crippen LogP contribution is 2.19. The molecule has 3 heteroatoms. The molecule has 0 aliphatic carbocycles. The van der Waals surface area contributed by atoms with Crippen molar-refractivity contribution in [2.24, 2.45) is 0 Å². The zero-order valence-electron chi connectivity index (χ0n) is 9.80. The SMILES string of the molecule is CNC(Cc1cccc(O)c1)c1ccncc1. The lowest BCUT2D eigenvalue weighted by Crippen LogP contribution is -2.18. The fourth-order valence-electron chi connectivity index (χ4n) is 1.90. The molecule has 1 aromatic heterocycles. The highest BCUT2D eigenvalue weighted by molar-refractivity contribution is 5.29. The second-order valence-corrected chi connectivity index (χ2v) is 4.00. The van der Waals surface area contributed by atoms with E-state index in [4.69, 9.17) is 0 Å². The Morgan fingerprint density at radius 2 is 2.00 bits per heavy atom. The number of phenolic OH excluding ortho intramolecular Hbond substituents is 1. The van der Waals surface area contributed by atoms with E-state index in [1.54, 1.807) is 24.5 Å². The largest absolute Gasteiger partial charge is 0.508 e. The molecule has 1 aromatic carbocycles. The monoisotopic (exact) mass is 228 g/mol. The van der Waals surface area contributed by atoms with Crippen LogP contribution in [0.2, 0.25) is 0 Å². The quantitative estimate of drug-likeness (QED) is 0.844. The molecule has 0 bridgehead atoms. The molecule has 88 valence electrons. The summed E-state index contributed by atoms with van der Waals surface area (Å²) in [5.74, 6) is 0.312. The molecule has 1 atom stereocenters. The van der Waals surface area contributed by atoms with Crippen LogP contribution < -0.4 is 5.32 Å². The summed E-state index contributed by atoms with van der Waals surface area (Å²) in [5, 5.41) is 12.7. The Morgan fingerprint density at radius 1 is 1.24 bits per heavy atom. The van der Waals surface area contributed by atoms with Gasteiger partial charge in [-0.25, -0.2) is 0 Å². The first-order chi connectivity index (χ1) is 8.29. The number of nitrogens with zero attached hydrogens (tertiary/aromatic N) is 1. The molecule has 0 aliphatic rings. The average Bonchev–Trinajstić information content (AvgIpc) is 2.37. The van der Waals surface area contributed by atoms with Crippen molar-refractivity contribution in [2.45, 2.75) is 12.5 Å². The summed E-state index contributed by atoms with van der Waals surface area (Å²) < 4.78 is 0. The van der Waals surface area contributed by atoms with Gasteiger partial charge in [0.1, 0.15) is 5.75 Å². The van der Waals surface area contributed by atoms with E-state index in [0.717, 1.165) is 12.0 Å². The van der Waals surface area contributed by atoms with Gasteiger partial charge in [-0.05, 0) is 48.9 Å². The van der Waals surface area contributed by atoms with Gasteiger partial charge in [0, 0.05) is 18.4 Å². The Bertz CT molecular complexity index is 471. The highest BCUT2D eigenvalue weighted by Gasteiger charge is 2.09. The van der Waals surface area contributed by atoms with Crippen molar-refractivity contribution in [1.29, 1.82) is 0 Å². The average molecular weight is 228 g/mol. The standard InChI is InChI=1S/C14H16N2O/c1-15-14(12-5-7-16-8-6-12)10-11-3-2-4-13(17)9-11/h2-9,14-15,17H,10H2,1H3. The molecule has 1 unspecified atom stereocenters. The van der Waals surface area contributed by atoms with Crippen LogP contribution >= 0.6 is 0 Å².